The molecule has 0 aliphatic carbocycles. The first-order valence-corrected chi connectivity index (χ1v) is 11.0. The van der Waals surface area contributed by atoms with E-state index in [1.807, 2.05) is 12.3 Å². The molecule has 1 aromatic heterocycles. The molecule has 3 rings (SSSR count). The predicted molar refractivity (Wildman–Crippen MR) is 124 cm³/mol. The Morgan fingerprint density at radius 2 is 1.77 bits per heavy atom. The Hall–Kier alpha value is -3.39. The number of carbonyl (C=O) groups excluding carboxylic acids is 2. The van der Waals surface area contributed by atoms with Crippen LogP contribution in [-0.2, 0) is 11.2 Å². The third-order valence-electron chi connectivity index (χ3n) is 4.37. The van der Waals surface area contributed by atoms with Crippen LogP contribution in [0, 0.1) is 6.92 Å². The summed E-state index contributed by atoms with van der Waals surface area (Å²) in [7, 11) is 0. The Balaban J connectivity index is 1.40. The van der Waals surface area contributed by atoms with Gasteiger partial charge < -0.3 is 20.7 Å². The van der Waals surface area contributed by atoms with E-state index >= 15 is 0 Å². The van der Waals surface area contributed by atoms with Crippen molar-refractivity contribution in [2.24, 2.45) is 0 Å². The van der Waals surface area contributed by atoms with E-state index in [9.17, 15) is 9.59 Å². The summed E-state index contributed by atoms with van der Waals surface area (Å²) in [6, 6.07) is 14.9. The maximum atomic E-state index is 12.1. The molecular formula is C23H26N4O3S. The SMILES string of the molecule is CCNC(=O)COc1ccc(NC(=O)NCCc2csc(-c3ccc(C)cc3)n2)cc1. The van der Waals surface area contributed by atoms with Gasteiger partial charge in [-0.15, -0.1) is 11.3 Å². The zero-order valence-electron chi connectivity index (χ0n) is 17.6. The maximum Gasteiger partial charge on any atom is 0.319 e. The molecule has 162 valence electrons. The molecule has 3 N–H and O–H groups in total. The summed E-state index contributed by atoms with van der Waals surface area (Å²) < 4.78 is 5.39. The highest BCUT2D eigenvalue weighted by Gasteiger charge is 2.07. The number of thiazole rings is 1. The highest BCUT2D eigenvalue weighted by molar-refractivity contribution is 7.13. The Morgan fingerprint density at radius 3 is 2.48 bits per heavy atom. The van der Waals surface area contributed by atoms with Crippen molar-refractivity contribution in [3.63, 3.8) is 0 Å². The van der Waals surface area contributed by atoms with Crippen molar-refractivity contribution < 1.29 is 14.3 Å². The topological polar surface area (TPSA) is 92.4 Å². The van der Waals surface area contributed by atoms with Gasteiger partial charge in [-0.2, -0.15) is 0 Å². The van der Waals surface area contributed by atoms with E-state index in [1.165, 1.54) is 5.56 Å². The summed E-state index contributed by atoms with van der Waals surface area (Å²) in [4.78, 5) is 28.2. The van der Waals surface area contributed by atoms with Crippen LogP contribution in [0.5, 0.6) is 5.75 Å². The fourth-order valence-corrected chi connectivity index (χ4v) is 3.62. The van der Waals surface area contributed by atoms with Crippen LogP contribution in [0.2, 0.25) is 0 Å². The standard InChI is InChI=1S/C23H26N4O3S/c1-3-24-21(28)14-30-20-10-8-18(9-11-20)27-23(29)25-13-12-19-15-31-22(26-19)17-6-4-16(2)5-7-17/h4-11,15H,3,12-14H2,1-2H3,(H,24,28)(H2,25,27,29). The number of carbonyl (C=O) groups is 2. The number of nitrogens with zero attached hydrogens (tertiary/aromatic N) is 1. The Kier molecular flexibility index (Phi) is 8.00. The van der Waals surface area contributed by atoms with Crippen molar-refractivity contribution >= 4 is 29.0 Å². The number of urea groups is 1. The molecule has 8 heteroatoms. The number of anilines is 1. The third kappa shape index (κ3) is 7.11. The first-order chi connectivity index (χ1) is 15.0. The normalized spacial score (nSPS) is 10.4. The molecule has 3 amide bonds. The van der Waals surface area contributed by atoms with Gasteiger partial charge in [-0.1, -0.05) is 29.8 Å². The van der Waals surface area contributed by atoms with E-state index in [1.54, 1.807) is 35.6 Å². The molecule has 0 saturated carbocycles. The first-order valence-electron chi connectivity index (χ1n) is 10.1. The van der Waals surface area contributed by atoms with Crippen LogP contribution in [-0.4, -0.2) is 36.6 Å². The van der Waals surface area contributed by atoms with Gasteiger partial charge >= 0.3 is 6.03 Å². The summed E-state index contributed by atoms with van der Waals surface area (Å²) in [6.07, 6.45) is 0.655. The van der Waals surface area contributed by atoms with Crippen LogP contribution >= 0.6 is 11.3 Å². The molecule has 3 aromatic rings. The summed E-state index contributed by atoms with van der Waals surface area (Å²) in [5, 5.41) is 11.3. The highest BCUT2D eigenvalue weighted by atomic mass is 32.1. The molecular weight excluding hydrogens is 412 g/mol. The van der Waals surface area contributed by atoms with E-state index in [0.29, 0.717) is 30.9 Å². The maximum absolute atomic E-state index is 12.1. The van der Waals surface area contributed by atoms with Gasteiger partial charge in [0, 0.05) is 36.1 Å². The van der Waals surface area contributed by atoms with Crippen LogP contribution in [0.15, 0.2) is 53.9 Å². The summed E-state index contributed by atoms with van der Waals surface area (Å²) in [5.41, 5.74) is 3.91. The van der Waals surface area contributed by atoms with Crippen LogP contribution < -0.4 is 20.7 Å². The van der Waals surface area contributed by atoms with Crippen molar-refractivity contribution in [2.75, 3.05) is 25.0 Å². The molecule has 0 atom stereocenters. The van der Waals surface area contributed by atoms with Gasteiger partial charge in [0.25, 0.3) is 5.91 Å². The minimum absolute atomic E-state index is 0.0383. The van der Waals surface area contributed by atoms with Crippen molar-refractivity contribution in [1.29, 1.82) is 0 Å². The van der Waals surface area contributed by atoms with Gasteiger partial charge in [-0.05, 0) is 38.1 Å². The lowest BCUT2D eigenvalue weighted by molar-refractivity contribution is -0.122. The fourth-order valence-electron chi connectivity index (χ4n) is 2.76. The van der Waals surface area contributed by atoms with Crippen molar-refractivity contribution in [3.05, 3.63) is 65.2 Å². The lowest BCUT2D eigenvalue weighted by Crippen LogP contribution is -2.30. The van der Waals surface area contributed by atoms with E-state index in [2.05, 4.69) is 52.1 Å². The van der Waals surface area contributed by atoms with Gasteiger partial charge in [0.05, 0.1) is 5.69 Å². The van der Waals surface area contributed by atoms with Crippen molar-refractivity contribution in [3.8, 4) is 16.3 Å². The zero-order chi connectivity index (χ0) is 22.1. The Bertz CT molecular complexity index is 1000. The molecule has 0 aliphatic rings. The van der Waals surface area contributed by atoms with E-state index in [4.69, 9.17) is 4.74 Å². The number of rotatable bonds is 9. The average molecular weight is 439 g/mol. The van der Waals surface area contributed by atoms with Gasteiger partial charge in [0.1, 0.15) is 10.8 Å². The number of aromatic nitrogens is 1. The van der Waals surface area contributed by atoms with Gasteiger partial charge in [0.15, 0.2) is 6.61 Å². The van der Waals surface area contributed by atoms with Gasteiger partial charge in [-0.3, -0.25) is 4.79 Å². The molecule has 1 heterocycles. The summed E-state index contributed by atoms with van der Waals surface area (Å²) >= 11 is 1.60. The van der Waals surface area contributed by atoms with Crippen LogP contribution in [0.1, 0.15) is 18.2 Å². The predicted octanol–water partition coefficient (Wildman–Crippen LogP) is 4.00. The Labute approximate surface area is 185 Å². The van der Waals surface area contributed by atoms with Gasteiger partial charge in [-0.25, -0.2) is 9.78 Å². The molecule has 0 aliphatic heterocycles. The van der Waals surface area contributed by atoms with E-state index in [0.717, 1.165) is 16.3 Å². The van der Waals surface area contributed by atoms with Gasteiger partial charge in [0.2, 0.25) is 0 Å². The number of benzene rings is 2. The van der Waals surface area contributed by atoms with Crippen molar-refractivity contribution in [2.45, 2.75) is 20.3 Å². The molecule has 0 saturated heterocycles. The van der Waals surface area contributed by atoms with Crippen LogP contribution in [0.25, 0.3) is 10.6 Å². The molecule has 0 radical (unpaired) electrons. The zero-order valence-corrected chi connectivity index (χ0v) is 18.4. The number of hydrogen-bond donors (Lipinski definition) is 3. The van der Waals surface area contributed by atoms with E-state index < -0.39 is 0 Å². The van der Waals surface area contributed by atoms with Crippen molar-refractivity contribution in [1.82, 2.24) is 15.6 Å². The number of likely N-dealkylation sites (N-methyl/N-ethyl adjacent to an activating group) is 1. The molecule has 0 bridgehead atoms. The Morgan fingerprint density at radius 1 is 1.03 bits per heavy atom. The molecule has 31 heavy (non-hydrogen) atoms. The first kappa shape index (κ1) is 22.3. The summed E-state index contributed by atoms with van der Waals surface area (Å²) in [5.74, 6) is 0.389. The second-order valence-electron chi connectivity index (χ2n) is 6.91. The second-order valence-corrected chi connectivity index (χ2v) is 7.77. The molecule has 0 unspecified atom stereocenters. The van der Waals surface area contributed by atoms with Crippen LogP contribution in [0.3, 0.4) is 0 Å². The number of aryl methyl sites for hydroxylation is 1. The highest BCUT2D eigenvalue weighted by Crippen LogP contribution is 2.24. The van der Waals surface area contributed by atoms with Crippen LogP contribution in [0.4, 0.5) is 10.5 Å². The lowest BCUT2D eigenvalue weighted by atomic mass is 10.2. The largest absolute Gasteiger partial charge is 0.484 e. The second kappa shape index (κ2) is 11.1. The molecule has 7 nitrogen and oxygen atoms in total. The third-order valence-corrected chi connectivity index (χ3v) is 5.31. The summed E-state index contributed by atoms with van der Waals surface area (Å²) in [6.45, 7) is 4.92. The number of nitrogens with one attached hydrogen (secondary N) is 3. The van der Waals surface area contributed by atoms with E-state index in [-0.39, 0.29) is 18.5 Å². The molecule has 0 spiro atoms. The number of hydrogen-bond acceptors (Lipinski definition) is 5. The molecule has 0 fully saturated rings. The minimum atomic E-state index is -0.287. The smallest absolute Gasteiger partial charge is 0.319 e. The number of amides is 3. The minimum Gasteiger partial charge on any atom is -0.484 e. The fraction of sp³-hybridized carbons (Fsp3) is 0.261. The quantitative estimate of drug-likeness (QED) is 0.471. The average Bonchev–Trinajstić information content (AvgIpc) is 3.23. The lowest BCUT2D eigenvalue weighted by Gasteiger charge is -2.09. The number of ether oxygens (including phenoxy) is 1. The molecule has 2 aromatic carbocycles. The monoisotopic (exact) mass is 438 g/mol.